The smallest absolute Gasteiger partial charge is 0.143 e. The van der Waals surface area contributed by atoms with E-state index >= 15 is 0 Å². The molecule has 1 aromatic rings. The summed E-state index contributed by atoms with van der Waals surface area (Å²) >= 11 is 0. The molecule has 0 bridgehead atoms. The van der Waals surface area contributed by atoms with Crippen LogP contribution in [0.5, 0.6) is 5.75 Å². The number of rotatable bonds is 11. The zero-order valence-electron chi connectivity index (χ0n) is 19.5. The van der Waals surface area contributed by atoms with Crippen molar-refractivity contribution in [3.8, 4) is 5.75 Å². The van der Waals surface area contributed by atoms with E-state index in [9.17, 15) is 4.79 Å². The first-order valence-electron chi connectivity index (χ1n) is 11.4. The molecule has 0 atom stereocenters. The van der Waals surface area contributed by atoms with Gasteiger partial charge in [0.05, 0.1) is 7.11 Å². The zero-order valence-corrected chi connectivity index (χ0v) is 19.5. The van der Waals surface area contributed by atoms with E-state index in [1.807, 2.05) is 0 Å². The standard InChI is InChI=1S/C27H39NO2/c1-6-8-15-28(16-9-7-2)25-13-12-24(26(19-25)30-5)11-10-22-18-23(14-17-29)21-27(3,4)20-22/h10-14,17-19H,6-9,15-16,20-21H2,1-5H3/b11-10+,23-14?. The molecule has 0 aliphatic heterocycles. The van der Waals surface area contributed by atoms with Gasteiger partial charge < -0.3 is 9.64 Å². The molecular formula is C27H39NO2. The van der Waals surface area contributed by atoms with Crippen molar-refractivity contribution in [2.75, 3.05) is 25.1 Å². The number of anilines is 1. The minimum atomic E-state index is 0.163. The van der Waals surface area contributed by atoms with Crippen LogP contribution in [0.2, 0.25) is 0 Å². The molecule has 0 fully saturated rings. The minimum absolute atomic E-state index is 0.163. The lowest BCUT2D eigenvalue weighted by molar-refractivity contribution is -0.104. The first kappa shape index (κ1) is 24.0. The zero-order chi connectivity index (χ0) is 22.0. The lowest BCUT2D eigenvalue weighted by atomic mass is 9.75. The molecule has 0 amide bonds. The van der Waals surface area contributed by atoms with Crippen LogP contribution in [0, 0.1) is 5.41 Å². The third-order valence-corrected chi connectivity index (χ3v) is 5.64. The average Bonchev–Trinajstić information content (AvgIpc) is 2.71. The van der Waals surface area contributed by atoms with Crippen LogP contribution in [0.1, 0.15) is 71.8 Å². The summed E-state index contributed by atoms with van der Waals surface area (Å²) in [5.41, 5.74) is 4.83. The van der Waals surface area contributed by atoms with Gasteiger partial charge in [-0.25, -0.2) is 0 Å². The lowest BCUT2D eigenvalue weighted by Crippen LogP contribution is -2.25. The maximum Gasteiger partial charge on any atom is 0.143 e. The minimum Gasteiger partial charge on any atom is -0.496 e. The van der Waals surface area contributed by atoms with Gasteiger partial charge in [0.15, 0.2) is 0 Å². The summed E-state index contributed by atoms with van der Waals surface area (Å²) in [6.45, 7) is 11.2. The molecular weight excluding hydrogens is 370 g/mol. The van der Waals surface area contributed by atoms with Crippen LogP contribution in [0.3, 0.4) is 0 Å². The predicted octanol–water partition coefficient (Wildman–Crippen LogP) is 6.99. The largest absolute Gasteiger partial charge is 0.496 e. The monoisotopic (exact) mass is 409 g/mol. The Morgan fingerprint density at radius 2 is 1.77 bits per heavy atom. The van der Waals surface area contributed by atoms with Crippen molar-refractivity contribution in [2.45, 2.75) is 66.2 Å². The number of hydrogen-bond donors (Lipinski definition) is 0. The molecule has 3 nitrogen and oxygen atoms in total. The molecule has 1 aromatic carbocycles. The third kappa shape index (κ3) is 7.19. The van der Waals surface area contributed by atoms with Crippen molar-refractivity contribution < 1.29 is 9.53 Å². The Labute approximate surface area is 183 Å². The van der Waals surface area contributed by atoms with Crippen molar-refractivity contribution >= 4 is 18.0 Å². The predicted molar refractivity (Wildman–Crippen MR) is 129 cm³/mol. The van der Waals surface area contributed by atoms with Crippen LogP contribution < -0.4 is 9.64 Å². The fourth-order valence-electron chi connectivity index (χ4n) is 4.11. The molecule has 1 aliphatic carbocycles. The fourth-order valence-corrected chi connectivity index (χ4v) is 4.11. The molecule has 0 N–H and O–H groups in total. The van der Waals surface area contributed by atoms with Gasteiger partial charge in [0.2, 0.25) is 0 Å². The summed E-state index contributed by atoms with van der Waals surface area (Å²) in [6.07, 6.45) is 15.8. The highest BCUT2D eigenvalue weighted by Gasteiger charge is 2.24. The Morgan fingerprint density at radius 3 is 2.37 bits per heavy atom. The summed E-state index contributed by atoms with van der Waals surface area (Å²) in [7, 11) is 1.74. The van der Waals surface area contributed by atoms with E-state index in [1.165, 1.54) is 36.9 Å². The molecule has 0 spiro atoms. The molecule has 0 unspecified atom stereocenters. The number of allylic oxidation sites excluding steroid dienone is 5. The van der Waals surface area contributed by atoms with Gasteiger partial charge >= 0.3 is 0 Å². The summed E-state index contributed by atoms with van der Waals surface area (Å²) < 4.78 is 5.73. The molecule has 0 radical (unpaired) electrons. The fraction of sp³-hybridized carbons (Fsp3) is 0.519. The summed E-state index contributed by atoms with van der Waals surface area (Å²) in [5, 5.41) is 0. The van der Waals surface area contributed by atoms with E-state index in [1.54, 1.807) is 13.2 Å². The molecule has 0 heterocycles. The molecule has 0 aromatic heterocycles. The normalized spacial score (nSPS) is 17.2. The van der Waals surface area contributed by atoms with Gasteiger partial charge in [-0.1, -0.05) is 58.8 Å². The maximum atomic E-state index is 10.9. The number of methoxy groups -OCH3 is 1. The van der Waals surface area contributed by atoms with E-state index in [4.69, 9.17) is 4.74 Å². The number of hydrogen-bond acceptors (Lipinski definition) is 3. The maximum absolute atomic E-state index is 10.9. The van der Waals surface area contributed by atoms with Crippen LogP contribution in [0.25, 0.3) is 6.08 Å². The van der Waals surface area contributed by atoms with Crippen molar-refractivity contribution in [3.05, 3.63) is 53.1 Å². The van der Waals surface area contributed by atoms with Crippen LogP contribution in [-0.2, 0) is 4.79 Å². The van der Waals surface area contributed by atoms with Crippen LogP contribution in [0.15, 0.2) is 47.6 Å². The van der Waals surface area contributed by atoms with Gasteiger partial charge in [0.25, 0.3) is 0 Å². The van der Waals surface area contributed by atoms with Gasteiger partial charge in [0, 0.05) is 30.4 Å². The van der Waals surface area contributed by atoms with Gasteiger partial charge in [-0.15, -0.1) is 0 Å². The van der Waals surface area contributed by atoms with E-state index in [-0.39, 0.29) is 5.41 Å². The van der Waals surface area contributed by atoms with Crippen molar-refractivity contribution in [2.24, 2.45) is 5.41 Å². The average molecular weight is 410 g/mol. The van der Waals surface area contributed by atoms with Gasteiger partial charge in [0.1, 0.15) is 12.0 Å². The van der Waals surface area contributed by atoms with Crippen molar-refractivity contribution in [3.63, 3.8) is 0 Å². The Balaban J connectivity index is 2.25. The highest BCUT2D eigenvalue weighted by Crippen LogP contribution is 2.38. The molecule has 0 saturated heterocycles. The molecule has 3 heteroatoms. The Kier molecular flexibility index (Phi) is 9.42. The highest BCUT2D eigenvalue weighted by atomic mass is 16.5. The molecule has 2 rings (SSSR count). The Bertz CT molecular complexity index is 778. The van der Waals surface area contributed by atoms with E-state index in [2.05, 4.69) is 69.0 Å². The number of carbonyl (C=O) groups excluding carboxylic acids is 1. The van der Waals surface area contributed by atoms with E-state index < -0.39 is 0 Å². The molecule has 30 heavy (non-hydrogen) atoms. The van der Waals surface area contributed by atoms with Gasteiger partial charge in [-0.3, -0.25) is 4.79 Å². The lowest BCUT2D eigenvalue weighted by Gasteiger charge is -2.30. The van der Waals surface area contributed by atoms with Crippen LogP contribution >= 0.6 is 0 Å². The highest BCUT2D eigenvalue weighted by molar-refractivity contribution is 5.69. The van der Waals surface area contributed by atoms with E-state index in [0.717, 1.165) is 49.1 Å². The number of aldehydes is 1. The SMILES string of the molecule is CCCCN(CCCC)c1ccc(/C=C/C2=CC(=CC=O)CC(C)(C)C2)c(OC)c1. The first-order chi connectivity index (χ1) is 14.4. The van der Waals surface area contributed by atoms with Gasteiger partial charge in [-0.2, -0.15) is 0 Å². The quantitative estimate of drug-likeness (QED) is 0.291. The summed E-state index contributed by atoms with van der Waals surface area (Å²) in [5.74, 6) is 0.904. The van der Waals surface area contributed by atoms with Crippen molar-refractivity contribution in [1.82, 2.24) is 0 Å². The Hall–Kier alpha value is -2.29. The molecule has 1 aliphatic rings. The number of ether oxygens (including phenoxy) is 1. The van der Waals surface area contributed by atoms with Gasteiger partial charge in [-0.05, 0) is 60.5 Å². The van der Waals surface area contributed by atoms with Crippen molar-refractivity contribution in [1.29, 1.82) is 0 Å². The second-order valence-corrected chi connectivity index (χ2v) is 9.07. The van der Waals surface area contributed by atoms with Crippen LogP contribution in [0.4, 0.5) is 5.69 Å². The van der Waals surface area contributed by atoms with E-state index in [0.29, 0.717) is 0 Å². The number of nitrogens with zero attached hydrogens (tertiary/aromatic N) is 1. The topological polar surface area (TPSA) is 29.5 Å². The van der Waals surface area contributed by atoms with Crippen LogP contribution in [-0.4, -0.2) is 26.5 Å². The Morgan fingerprint density at radius 1 is 1.07 bits per heavy atom. The number of carbonyl (C=O) groups is 1. The third-order valence-electron chi connectivity index (χ3n) is 5.64. The number of unbranched alkanes of at least 4 members (excludes halogenated alkanes) is 2. The first-order valence-corrected chi connectivity index (χ1v) is 11.4. The molecule has 0 saturated carbocycles. The number of benzene rings is 1. The summed E-state index contributed by atoms with van der Waals surface area (Å²) in [4.78, 5) is 13.4. The second-order valence-electron chi connectivity index (χ2n) is 9.07. The molecule has 164 valence electrons. The summed E-state index contributed by atoms with van der Waals surface area (Å²) in [6, 6.07) is 6.54. The second kappa shape index (κ2) is 11.8.